The molecule has 1 aromatic rings. The summed E-state index contributed by atoms with van der Waals surface area (Å²) in [5.74, 6) is 0.847. The van der Waals surface area contributed by atoms with Gasteiger partial charge in [0.05, 0.1) is 0 Å². The van der Waals surface area contributed by atoms with E-state index in [0.29, 0.717) is 0 Å². The fourth-order valence-electron chi connectivity index (χ4n) is 3.16. The summed E-state index contributed by atoms with van der Waals surface area (Å²) in [4.78, 5) is 2.40. The number of nitrogens with one attached hydrogen (secondary N) is 1. The monoisotopic (exact) mass is 294 g/mol. The number of hydrogen-bond acceptors (Lipinski definition) is 2. The lowest BCUT2D eigenvalue weighted by atomic mass is 9.89. The maximum Gasteiger partial charge on any atom is 0.0426 e. The molecule has 112 valence electrons. The van der Waals surface area contributed by atoms with Gasteiger partial charge in [-0.1, -0.05) is 43.9 Å². The molecule has 0 aromatic heterocycles. The largest absolute Gasteiger partial charge is 0.374 e. The Morgan fingerprint density at radius 1 is 1.25 bits per heavy atom. The number of rotatable bonds is 6. The van der Waals surface area contributed by atoms with Gasteiger partial charge in [-0.05, 0) is 43.0 Å². The zero-order valence-corrected chi connectivity index (χ0v) is 13.5. The Morgan fingerprint density at radius 2 is 2.00 bits per heavy atom. The van der Waals surface area contributed by atoms with Gasteiger partial charge >= 0.3 is 0 Å². The first-order valence-corrected chi connectivity index (χ1v) is 8.28. The standard InChI is InChI=1S/C17H27ClN2/c1-3-19-12-15-9-10-16(18)11-17(15)20(2)13-14-7-5-4-6-8-14/h9-11,14,19H,3-8,12-13H2,1-2H3. The molecular formula is C17H27ClN2. The lowest BCUT2D eigenvalue weighted by molar-refractivity contribution is 0.362. The van der Waals surface area contributed by atoms with Crippen molar-refractivity contribution in [1.82, 2.24) is 5.32 Å². The molecule has 1 saturated carbocycles. The molecule has 0 spiro atoms. The van der Waals surface area contributed by atoms with Crippen molar-refractivity contribution in [3.8, 4) is 0 Å². The van der Waals surface area contributed by atoms with Crippen LogP contribution in [0.5, 0.6) is 0 Å². The minimum absolute atomic E-state index is 0.829. The number of hydrogen-bond donors (Lipinski definition) is 1. The van der Waals surface area contributed by atoms with E-state index in [-0.39, 0.29) is 0 Å². The van der Waals surface area contributed by atoms with Crippen molar-refractivity contribution in [2.24, 2.45) is 5.92 Å². The fourth-order valence-corrected chi connectivity index (χ4v) is 3.32. The second-order valence-corrected chi connectivity index (χ2v) is 6.37. The van der Waals surface area contributed by atoms with Crippen LogP contribution < -0.4 is 10.2 Å². The van der Waals surface area contributed by atoms with Crippen LogP contribution in [-0.4, -0.2) is 20.1 Å². The van der Waals surface area contributed by atoms with Gasteiger partial charge in [0.25, 0.3) is 0 Å². The maximum atomic E-state index is 6.19. The topological polar surface area (TPSA) is 15.3 Å². The van der Waals surface area contributed by atoms with Gasteiger partial charge in [-0.3, -0.25) is 0 Å². The molecule has 0 amide bonds. The zero-order valence-electron chi connectivity index (χ0n) is 12.8. The molecule has 1 aromatic carbocycles. The number of halogens is 1. The smallest absolute Gasteiger partial charge is 0.0426 e. The molecular weight excluding hydrogens is 268 g/mol. The summed E-state index contributed by atoms with van der Waals surface area (Å²) >= 11 is 6.19. The second-order valence-electron chi connectivity index (χ2n) is 5.94. The van der Waals surface area contributed by atoms with Gasteiger partial charge in [-0.15, -0.1) is 0 Å². The average molecular weight is 295 g/mol. The first-order chi connectivity index (χ1) is 9.70. The van der Waals surface area contributed by atoms with Crippen LogP contribution >= 0.6 is 11.6 Å². The summed E-state index contributed by atoms with van der Waals surface area (Å²) in [5.41, 5.74) is 2.62. The van der Waals surface area contributed by atoms with Gasteiger partial charge < -0.3 is 10.2 Å². The van der Waals surface area contributed by atoms with Gasteiger partial charge in [0.1, 0.15) is 0 Å². The Balaban J connectivity index is 2.06. The molecule has 0 atom stereocenters. The van der Waals surface area contributed by atoms with Gasteiger partial charge in [0.2, 0.25) is 0 Å². The number of benzene rings is 1. The summed E-state index contributed by atoms with van der Waals surface area (Å²) in [6.45, 7) is 5.20. The van der Waals surface area contributed by atoms with E-state index in [1.54, 1.807) is 0 Å². The summed E-state index contributed by atoms with van der Waals surface area (Å²) in [7, 11) is 2.20. The molecule has 1 aliphatic rings. The third-order valence-corrected chi connectivity index (χ3v) is 4.52. The average Bonchev–Trinajstić information content (AvgIpc) is 2.47. The van der Waals surface area contributed by atoms with Crippen molar-refractivity contribution in [2.75, 3.05) is 25.0 Å². The van der Waals surface area contributed by atoms with Crippen LogP contribution in [0.4, 0.5) is 5.69 Å². The molecule has 0 heterocycles. The van der Waals surface area contributed by atoms with Gasteiger partial charge in [-0.25, -0.2) is 0 Å². The van der Waals surface area contributed by atoms with Crippen LogP contribution in [-0.2, 0) is 6.54 Å². The van der Waals surface area contributed by atoms with Crippen LogP contribution in [0, 0.1) is 5.92 Å². The Hall–Kier alpha value is -0.730. The molecule has 0 bridgehead atoms. The minimum Gasteiger partial charge on any atom is -0.374 e. The Bertz CT molecular complexity index is 413. The van der Waals surface area contributed by atoms with Gasteiger partial charge in [-0.2, -0.15) is 0 Å². The van der Waals surface area contributed by atoms with Crippen molar-refractivity contribution in [1.29, 1.82) is 0 Å². The summed E-state index contributed by atoms with van der Waals surface area (Å²) < 4.78 is 0. The molecule has 0 aliphatic heterocycles. The van der Waals surface area contributed by atoms with E-state index in [9.17, 15) is 0 Å². The molecule has 3 heteroatoms. The maximum absolute atomic E-state index is 6.19. The van der Waals surface area contributed by atoms with Crippen molar-refractivity contribution in [3.05, 3.63) is 28.8 Å². The van der Waals surface area contributed by atoms with Crippen molar-refractivity contribution in [3.63, 3.8) is 0 Å². The summed E-state index contributed by atoms with van der Waals surface area (Å²) in [6, 6.07) is 6.25. The van der Waals surface area contributed by atoms with Crippen molar-refractivity contribution < 1.29 is 0 Å². The van der Waals surface area contributed by atoms with E-state index in [4.69, 9.17) is 11.6 Å². The summed E-state index contributed by atoms with van der Waals surface area (Å²) in [6.07, 6.45) is 6.99. The van der Waals surface area contributed by atoms with Crippen molar-refractivity contribution >= 4 is 17.3 Å². The fraction of sp³-hybridized carbons (Fsp3) is 0.647. The first kappa shape index (κ1) is 15.7. The van der Waals surface area contributed by atoms with Crippen LogP contribution in [0.25, 0.3) is 0 Å². The van der Waals surface area contributed by atoms with E-state index in [0.717, 1.165) is 30.6 Å². The Labute approximate surface area is 128 Å². The minimum atomic E-state index is 0.829. The molecule has 20 heavy (non-hydrogen) atoms. The highest BCUT2D eigenvalue weighted by Gasteiger charge is 2.17. The van der Waals surface area contributed by atoms with E-state index in [1.165, 1.54) is 43.4 Å². The van der Waals surface area contributed by atoms with Crippen LogP contribution in [0.15, 0.2) is 18.2 Å². The third-order valence-electron chi connectivity index (χ3n) is 4.28. The van der Waals surface area contributed by atoms with Crippen molar-refractivity contribution in [2.45, 2.75) is 45.6 Å². The van der Waals surface area contributed by atoms with Crippen LogP contribution in [0.2, 0.25) is 5.02 Å². The highest BCUT2D eigenvalue weighted by atomic mass is 35.5. The first-order valence-electron chi connectivity index (χ1n) is 7.91. The molecule has 1 aliphatic carbocycles. The second kappa shape index (κ2) is 7.90. The SMILES string of the molecule is CCNCc1ccc(Cl)cc1N(C)CC1CCCCC1. The van der Waals surface area contributed by atoms with E-state index >= 15 is 0 Å². The number of anilines is 1. The van der Waals surface area contributed by atoms with Crippen LogP contribution in [0.3, 0.4) is 0 Å². The lowest BCUT2D eigenvalue weighted by Crippen LogP contribution is -2.28. The van der Waals surface area contributed by atoms with Gasteiger partial charge in [0, 0.05) is 30.8 Å². The molecule has 2 nitrogen and oxygen atoms in total. The molecule has 1 fully saturated rings. The normalized spacial score (nSPS) is 16.4. The molecule has 2 rings (SSSR count). The predicted molar refractivity (Wildman–Crippen MR) is 88.7 cm³/mol. The van der Waals surface area contributed by atoms with E-state index in [2.05, 4.69) is 36.3 Å². The highest BCUT2D eigenvalue weighted by Crippen LogP contribution is 2.29. The zero-order chi connectivity index (χ0) is 14.4. The third kappa shape index (κ3) is 4.39. The molecule has 0 unspecified atom stereocenters. The molecule has 0 radical (unpaired) electrons. The summed E-state index contributed by atoms with van der Waals surface area (Å²) in [5, 5.41) is 4.24. The quantitative estimate of drug-likeness (QED) is 0.833. The van der Waals surface area contributed by atoms with E-state index in [1.807, 2.05) is 6.07 Å². The van der Waals surface area contributed by atoms with E-state index < -0.39 is 0 Å². The Morgan fingerprint density at radius 3 is 2.70 bits per heavy atom. The highest BCUT2D eigenvalue weighted by molar-refractivity contribution is 6.30. The van der Waals surface area contributed by atoms with Crippen LogP contribution in [0.1, 0.15) is 44.6 Å². The van der Waals surface area contributed by atoms with Gasteiger partial charge in [0.15, 0.2) is 0 Å². The predicted octanol–water partition coefficient (Wildman–Crippen LogP) is 4.47. The molecule has 0 saturated heterocycles. The Kier molecular flexibility index (Phi) is 6.18. The lowest BCUT2D eigenvalue weighted by Gasteiger charge is -2.30. The number of nitrogens with zero attached hydrogens (tertiary/aromatic N) is 1. The molecule has 1 N–H and O–H groups in total.